The van der Waals surface area contributed by atoms with E-state index in [1.807, 2.05) is 24.3 Å². The molecule has 0 aliphatic heterocycles. The summed E-state index contributed by atoms with van der Waals surface area (Å²) in [6.45, 7) is -0.138. The average molecular weight is 295 g/mol. The van der Waals surface area contributed by atoms with Gasteiger partial charge in [-0.2, -0.15) is 0 Å². The highest BCUT2D eigenvalue weighted by Gasteiger charge is 2.10. The van der Waals surface area contributed by atoms with Gasteiger partial charge in [-0.15, -0.1) is 11.8 Å². The first-order chi connectivity index (χ1) is 9.63. The molecule has 20 heavy (non-hydrogen) atoms. The van der Waals surface area contributed by atoms with Crippen LogP contribution in [0, 0.1) is 11.6 Å². The van der Waals surface area contributed by atoms with E-state index in [0.29, 0.717) is 10.6 Å². The van der Waals surface area contributed by atoms with Gasteiger partial charge in [0.2, 0.25) is 0 Å². The van der Waals surface area contributed by atoms with Crippen molar-refractivity contribution >= 4 is 11.8 Å². The van der Waals surface area contributed by atoms with E-state index in [4.69, 9.17) is 10.5 Å². The number of hydrogen-bond acceptors (Lipinski definition) is 3. The minimum absolute atomic E-state index is 0.0706. The van der Waals surface area contributed by atoms with Crippen LogP contribution in [0.5, 0.6) is 5.75 Å². The molecule has 0 atom stereocenters. The summed E-state index contributed by atoms with van der Waals surface area (Å²) in [5, 5.41) is 0. The molecule has 0 saturated carbocycles. The molecule has 0 aromatic heterocycles. The zero-order chi connectivity index (χ0) is 14.5. The Morgan fingerprint density at radius 1 is 1.10 bits per heavy atom. The van der Waals surface area contributed by atoms with Gasteiger partial charge in [0.25, 0.3) is 0 Å². The Hall–Kier alpha value is -1.59. The SMILES string of the molecule is COc1ccc(CSc2cc(F)c(CN)c(F)c2)cc1. The number of halogens is 2. The quantitative estimate of drug-likeness (QED) is 0.854. The number of nitrogens with two attached hydrogens (primary N) is 1. The third-order valence-electron chi connectivity index (χ3n) is 2.88. The number of methoxy groups -OCH3 is 1. The summed E-state index contributed by atoms with van der Waals surface area (Å²) in [6.07, 6.45) is 0. The second kappa shape index (κ2) is 6.72. The molecule has 0 spiro atoms. The van der Waals surface area contributed by atoms with E-state index < -0.39 is 11.6 Å². The summed E-state index contributed by atoms with van der Waals surface area (Å²) in [5.41, 5.74) is 6.28. The van der Waals surface area contributed by atoms with Gasteiger partial charge in [-0.1, -0.05) is 12.1 Å². The van der Waals surface area contributed by atoms with Crippen molar-refractivity contribution in [1.82, 2.24) is 0 Å². The fourth-order valence-corrected chi connectivity index (χ4v) is 2.65. The van der Waals surface area contributed by atoms with Gasteiger partial charge in [-0.25, -0.2) is 8.78 Å². The predicted molar refractivity (Wildman–Crippen MR) is 76.8 cm³/mol. The number of benzene rings is 2. The monoisotopic (exact) mass is 295 g/mol. The van der Waals surface area contributed by atoms with Crippen LogP contribution in [0.2, 0.25) is 0 Å². The largest absolute Gasteiger partial charge is 0.497 e. The van der Waals surface area contributed by atoms with E-state index in [-0.39, 0.29) is 12.1 Å². The summed E-state index contributed by atoms with van der Waals surface area (Å²) in [5.74, 6) is 0.225. The fourth-order valence-electron chi connectivity index (χ4n) is 1.75. The Labute approximate surface area is 120 Å². The lowest BCUT2D eigenvalue weighted by atomic mass is 10.2. The Balaban J connectivity index is 2.06. The van der Waals surface area contributed by atoms with Gasteiger partial charge in [-0.3, -0.25) is 0 Å². The van der Waals surface area contributed by atoms with Gasteiger partial charge >= 0.3 is 0 Å². The summed E-state index contributed by atoms with van der Waals surface area (Å²) < 4.78 is 32.2. The van der Waals surface area contributed by atoms with E-state index in [0.717, 1.165) is 11.3 Å². The van der Waals surface area contributed by atoms with Crippen LogP contribution in [0.15, 0.2) is 41.3 Å². The molecule has 2 N–H and O–H groups in total. The second-order valence-electron chi connectivity index (χ2n) is 4.21. The maximum atomic E-state index is 13.6. The van der Waals surface area contributed by atoms with Crippen LogP contribution < -0.4 is 10.5 Å². The van der Waals surface area contributed by atoms with Crippen molar-refractivity contribution in [3.63, 3.8) is 0 Å². The third-order valence-corrected chi connectivity index (χ3v) is 3.93. The number of ether oxygens (including phenoxy) is 1. The van der Waals surface area contributed by atoms with E-state index in [9.17, 15) is 8.78 Å². The first-order valence-electron chi connectivity index (χ1n) is 6.07. The van der Waals surface area contributed by atoms with Crippen LogP contribution in [-0.2, 0) is 12.3 Å². The van der Waals surface area contributed by atoms with Crippen molar-refractivity contribution in [2.75, 3.05) is 7.11 Å². The van der Waals surface area contributed by atoms with Gasteiger partial charge in [0.1, 0.15) is 17.4 Å². The van der Waals surface area contributed by atoms with Gasteiger partial charge in [0.15, 0.2) is 0 Å². The fraction of sp³-hybridized carbons (Fsp3) is 0.200. The molecule has 2 aromatic carbocycles. The molecule has 0 aliphatic carbocycles. The maximum Gasteiger partial charge on any atom is 0.131 e. The van der Waals surface area contributed by atoms with Crippen LogP contribution in [0.4, 0.5) is 8.78 Å². The molecule has 2 aromatic rings. The zero-order valence-electron chi connectivity index (χ0n) is 11.0. The lowest BCUT2D eigenvalue weighted by molar-refractivity contribution is 0.414. The van der Waals surface area contributed by atoms with Gasteiger partial charge in [0, 0.05) is 22.8 Å². The molecule has 0 heterocycles. The summed E-state index contributed by atoms with van der Waals surface area (Å²) >= 11 is 1.37. The molecule has 0 saturated heterocycles. The molecule has 106 valence electrons. The normalized spacial score (nSPS) is 10.6. The van der Waals surface area contributed by atoms with Crippen LogP contribution in [0.3, 0.4) is 0 Å². The van der Waals surface area contributed by atoms with E-state index in [2.05, 4.69) is 0 Å². The maximum absolute atomic E-state index is 13.6. The summed E-state index contributed by atoms with van der Waals surface area (Å²) in [4.78, 5) is 0.549. The Bertz CT molecular complexity index is 564. The minimum atomic E-state index is -0.593. The van der Waals surface area contributed by atoms with Crippen LogP contribution in [0.25, 0.3) is 0 Å². The van der Waals surface area contributed by atoms with E-state index in [1.165, 1.54) is 23.9 Å². The smallest absolute Gasteiger partial charge is 0.131 e. The van der Waals surface area contributed by atoms with Crippen molar-refractivity contribution in [2.45, 2.75) is 17.2 Å². The zero-order valence-corrected chi connectivity index (χ0v) is 11.8. The lowest BCUT2D eigenvalue weighted by Gasteiger charge is -2.07. The van der Waals surface area contributed by atoms with Crippen molar-refractivity contribution in [2.24, 2.45) is 5.73 Å². The molecular formula is C15H15F2NOS. The van der Waals surface area contributed by atoms with Gasteiger partial charge < -0.3 is 10.5 Å². The Kier molecular flexibility index (Phi) is 4.98. The molecule has 0 radical (unpaired) electrons. The van der Waals surface area contributed by atoms with Gasteiger partial charge in [-0.05, 0) is 29.8 Å². The minimum Gasteiger partial charge on any atom is -0.497 e. The highest BCUT2D eigenvalue weighted by molar-refractivity contribution is 7.98. The Morgan fingerprint density at radius 3 is 2.20 bits per heavy atom. The van der Waals surface area contributed by atoms with E-state index in [1.54, 1.807) is 7.11 Å². The number of hydrogen-bond donors (Lipinski definition) is 1. The van der Waals surface area contributed by atoms with E-state index >= 15 is 0 Å². The molecule has 0 aliphatic rings. The number of thioether (sulfide) groups is 1. The second-order valence-corrected chi connectivity index (χ2v) is 5.26. The van der Waals surface area contributed by atoms with Crippen LogP contribution in [-0.4, -0.2) is 7.11 Å². The average Bonchev–Trinajstić information content (AvgIpc) is 2.45. The molecule has 0 bridgehead atoms. The lowest BCUT2D eigenvalue weighted by Crippen LogP contribution is -2.03. The molecular weight excluding hydrogens is 280 g/mol. The third kappa shape index (κ3) is 3.49. The first kappa shape index (κ1) is 14.8. The molecule has 5 heteroatoms. The summed E-state index contributed by atoms with van der Waals surface area (Å²) in [6, 6.07) is 10.2. The predicted octanol–water partition coefficient (Wildman–Crippen LogP) is 3.72. The highest BCUT2D eigenvalue weighted by Crippen LogP contribution is 2.27. The van der Waals surface area contributed by atoms with Crippen LogP contribution >= 0.6 is 11.8 Å². The number of rotatable bonds is 5. The highest BCUT2D eigenvalue weighted by atomic mass is 32.2. The Morgan fingerprint density at radius 2 is 1.70 bits per heavy atom. The van der Waals surface area contributed by atoms with Crippen molar-refractivity contribution < 1.29 is 13.5 Å². The molecule has 2 rings (SSSR count). The van der Waals surface area contributed by atoms with Crippen molar-refractivity contribution in [1.29, 1.82) is 0 Å². The molecule has 0 fully saturated rings. The van der Waals surface area contributed by atoms with Gasteiger partial charge in [0.05, 0.1) is 7.11 Å². The topological polar surface area (TPSA) is 35.2 Å². The van der Waals surface area contributed by atoms with Crippen molar-refractivity contribution in [3.8, 4) is 5.75 Å². The molecule has 0 unspecified atom stereocenters. The molecule has 2 nitrogen and oxygen atoms in total. The standard InChI is InChI=1S/C15H15F2NOS/c1-19-11-4-2-10(3-5-11)9-20-12-6-14(16)13(8-18)15(17)7-12/h2-7H,8-9,18H2,1H3. The van der Waals surface area contributed by atoms with Crippen LogP contribution in [0.1, 0.15) is 11.1 Å². The molecule has 0 amide bonds. The first-order valence-corrected chi connectivity index (χ1v) is 7.06. The summed E-state index contributed by atoms with van der Waals surface area (Å²) in [7, 11) is 1.61. The van der Waals surface area contributed by atoms with Crippen molar-refractivity contribution in [3.05, 3.63) is 59.2 Å².